The van der Waals surface area contributed by atoms with Crippen molar-refractivity contribution in [3.63, 3.8) is 0 Å². The van der Waals surface area contributed by atoms with Crippen LogP contribution in [-0.4, -0.2) is 47.8 Å². The van der Waals surface area contributed by atoms with Crippen molar-refractivity contribution in [1.82, 2.24) is 9.97 Å². The first-order valence-electron chi connectivity index (χ1n) is 7.61. The molecule has 0 fully saturated rings. The molecule has 0 saturated heterocycles. The van der Waals surface area contributed by atoms with Gasteiger partial charge in [-0.15, -0.1) is 11.8 Å². The van der Waals surface area contributed by atoms with Crippen molar-refractivity contribution in [3.05, 3.63) is 29.5 Å². The number of aliphatic hydroxyl groups is 1. The fourth-order valence-electron chi connectivity index (χ4n) is 2.16. The predicted octanol–water partition coefficient (Wildman–Crippen LogP) is 1.58. The Labute approximate surface area is 155 Å². The summed E-state index contributed by atoms with van der Waals surface area (Å²) < 4.78 is 10.4. The Hall–Kier alpha value is -2.85. The average molecular weight is 371 g/mol. The third kappa shape index (κ3) is 4.41. The Morgan fingerprint density at radius 3 is 2.58 bits per heavy atom. The lowest BCUT2D eigenvalue weighted by atomic mass is 10.0. The van der Waals surface area contributed by atoms with E-state index in [-0.39, 0.29) is 23.6 Å². The van der Waals surface area contributed by atoms with Crippen molar-refractivity contribution in [2.75, 3.05) is 38.4 Å². The second kappa shape index (κ2) is 9.59. The first-order valence-corrected chi connectivity index (χ1v) is 8.60. The van der Waals surface area contributed by atoms with E-state index in [1.54, 1.807) is 19.2 Å². The predicted molar refractivity (Wildman–Crippen MR) is 96.5 cm³/mol. The maximum Gasteiger partial charge on any atom is 0.143 e. The van der Waals surface area contributed by atoms with Gasteiger partial charge in [0.05, 0.1) is 30.7 Å². The number of nitrogen functional groups attached to an aromatic ring is 1. The van der Waals surface area contributed by atoms with Gasteiger partial charge in [0.25, 0.3) is 0 Å². The molecular weight excluding hydrogens is 354 g/mol. The summed E-state index contributed by atoms with van der Waals surface area (Å²) in [5.41, 5.74) is 6.93. The number of nitrogens with two attached hydrogens (primary N) is 1. The van der Waals surface area contributed by atoms with E-state index >= 15 is 0 Å². The molecule has 0 unspecified atom stereocenters. The molecule has 0 aliphatic rings. The molecule has 0 radical (unpaired) electrons. The van der Waals surface area contributed by atoms with Gasteiger partial charge >= 0.3 is 0 Å². The van der Waals surface area contributed by atoms with Crippen LogP contribution in [-0.2, 0) is 4.74 Å². The number of aromatic nitrogens is 2. The van der Waals surface area contributed by atoms with E-state index in [1.807, 2.05) is 6.07 Å². The minimum absolute atomic E-state index is 0.0177. The SMILES string of the molecule is COCCOc1ccc(-c2c(C#N)c(N)nc(SCCO)c2C#N)nc1. The monoisotopic (exact) mass is 371 g/mol. The summed E-state index contributed by atoms with van der Waals surface area (Å²) in [6.45, 7) is 0.762. The fourth-order valence-corrected chi connectivity index (χ4v) is 2.90. The van der Waals surface area contributed by atoms with Crippen LogP contribution in [0.25, 0.3) is 11.3 Å². The molecule has 2 aromatic rings. The minimum Gasteiger partial charge on any atom is -0.490 e. The molecule has 2 heterocycles. The first kappa shape index (κ1) is 19.5. The highest BCUT2D eigenvalue weighted by atomic mass is 32.2. The Morgan fingerprint density at radius 2 is 2.00 bits per heavy atom. The van der Waals surface area contributed by atoms with Crippen LogP contribution in [0.2, 0.25) is 0 Å². The van der Waals surface area contributed by atoms with Gasteiger partial charge in [0, 0.05) is 18.4 Å². The van der Waals surface area contributed by atoms with Crippen molar-refractivity contribution in [2.45, 2.75) is 5.03 Å². The van der Waals surface area contributed by atoms with Crippen molar-refractivity contribution in [3.8, 4) is 29.1 Å². The summed E-state index contributed by atoms with van der Waals surface area (Å²) in [4.78, 5) is 8.42. The fraction of sp³-hybridized carbons (Fsp3) is 0.294. The molecule has 0 spiro atoms. The number of hydrogen-bond acceptors (Lipinski definition) is 9. The highest BCUT2D eigenvalue weighted by Crippen LogP contribution is 2.34. The molecule has 0 amide bonds. The molecule has 2 rings (SSSR count). The molecule has 0 aromatic carbocycles. The number of rotatable bonds is 8. The normalized spacial score (nSPS) is 10.2. The molecule has 2 aromatic heterocycles. The van der Waals surface area contributed by atoms with E-state index in [2.05, 4.69) is 16.0 Å². The highest BCUT2D eigenvalue weighted by Gasteiger charge is 2.21. The highest BCUT2D eigenvalue weighted by molar-refractivity contribution is 7.99. The molecule has 3 N–H and O–H groups in total. The van der Waals surface area contributed by atoms with Crippen molar-refractivity contribution in [2.24, 2.45) is 0 Å². The first-order chi connectivity index (χ1) is 12.7. The van der Waals surface area contributed by atoms with Crippen LogP contribution < -0.4 is 10.5 Å². The van der Waals surface area contributed by atoms with Gasteiger partial charge in [0.2, 0.25) is 0 Å². The van der Waals surface area contributed by atoms with E-state index in [4.69, 9.17) is 20.3 Å². The van der Waals surface area contributed by atoms with Crippen LogP contribution in [0.4, 0.5) is 5.82 Å². The van der Waals surface area contributed by atoms with E-state index in [1.165, 1.54) is 18.0 Å². The third-order valence-electron chi connectivity index (χ3n) is 3.29. The van der Waals surface area contributed by atoms with Crippen molar-refractivity contribution >= 4 is 17.6 Å². The molecule has 26 heavy (non-hydrogen) atoms. The van der Waals surface area contributed by atoms with Gasteiger partial charge in [-0.1, -0.05) is 0 Å². The van der Waals surface area contributed by atoms with E-state index in [9.17, 15) is 10.5 Å². The summed E-state index contributed by atoms with van der Waals surface area (Å²) in [5.74, 6) is 0.912. The number of hydrogen-bond donors (Lipinski definition) is 2. The summed E-state index contributed by atoms with van der Waals surface area (Å²) >= 11 is 1.19. The zero-order chi connectivity index (χ0) is 18.9. The summed E-state index contributed by atoms with van der Waals surface area (Å²) in [6.07, 6.45) is 1.50. The van der Waals surface area contributed by atoms with Gasteiger partial charge in [0.15, 0.2) is 0 Å². The van der Waals surface area contributed by atoms with E-state index < -0.39 is 0 Å². The number of methoxy groups -OCH3 is 1. The van der Waals surface area contributed by atoms with Gasteiger partial charge in [-0.05, 0) is 12.1 Å². The van der Waals surface area contributed by atoms with Gasteiger partial charge in [-0.3, -0.25) is 4.98 Å². The number of ether oxygens (including phenoxy) is 2. The van der Waals surface area contributed by atoms with Gasteiger partial charge in [-0.2, -0.15) is 10.5 Å². The number of aliphatic hydroxyl groups excluding tert-OH is 1. The Kier molecular flexibility index (Phi) is 7.18. The quantitative estimate of drug-likeness (QED) is 0.523. The molecule has 134 valence electrons. The standard InChI is InChI=1S/C17H17N5O3S/c1-24-5-6-25-11-2-3-14(21-10-11)15-12(8-18)16(20)22-17(13(15)9-19)26-7-4-23/h2-3,10,23H,4-7H2,1H3,(H2,20,22). The molecule has 0 atom stereocenters. The Morgan fingerprint density at radius 1 is 1.23 bits per heavy atom. The zero-order valence-electron chi connectivity index (χ0n) is 14.1. The van der Waals surface area contributed by atoms with Crippen LogP contribution in [0.3, 0.4) is 0 Å². The topological polar surface area (TPSA) is 138 Å². The van der Waals surface area contributed by atoms with Crippen molar-refractivity contribution in [1.29, 1.82) is 10.5 Å². The molecule has 8 nitrogen and oxygen atoms in total. The summed E-state index contributed by atoms with van der Waals surface area (Å²) in [5, 5.41) is 28.4. The zero-order valence-corrected chi connectivity index (χ0v) is 14.9. The third-order valence-corrected chi connectivity index (χ3v) is 4.25. The van der Waals surface area contributed by atoms with Crippen LogP contribution in [0, 0.1) is 22.7 Å². The summed E-state index contributed by atoms with van der Waals surface area (Å²) in [7, 11) is 1.58. The van der Waals surface area contributed by atoms with Crippen LogP contribution in [0.5, 0.6) is 5.75 Å². The van der Waals surface area contributed by atoms with Crippen LogP contribution in [0.15, 0.2) is 23.4 Å². The lowest BCUT2D eigenvalue weighted by Crippen LogP contribution is -2.06. The number of pyridine rings is 2. The minimum atomic E-state index is -0.0712. The van der Waals surface area contributed by atoms with E-state index in [0.717, 1.165) is 0 Å². The van der Waals surface area contributed by atoms with Crippen LogP contribution in [0.1, 0.15) is 11.1 Å². The van der Waals surface area contributed by atoms with Gasteiger partial charge < -0.3 is 20.3 Å². The second-order valence-electron chi connectivity index (χ2n) is 4.94. The largest absolute Gasteiger partial charge is 0.490 e. The lowest BCUT2D eigenvalue weighted by molar-refractivity contribution is 0.146. The van der Waals surface area contributed by atoms with Gasteiger partial charge in [0.1, 0.15) is 40.9 Å². The number of nitrogens with zero attached hydrogens (tertiary/aromatic N) is 4. The molecule has 0 saturated carbocycles. The summed E-state index contributed by atoms with van der Waals surface area (Å²) in [6, 6.07) is 7.41. The lowest BCUT2D eigenvalue weighted by Gasteiger charge is -2.12. The molecule has 0 aliphatic carbocycles. The Bertz CT molecular complexity index is 843. The molecular formula is C17H17N5O3S. The number of nitriles is 2. The maximum absolute atomic E-state index is 9.59. The van der Waals surface area contributed by atoms with Gasteiger partial charge in [-0.25, -0.2) is 4.98 Å². The Balaban J connectivity index is 2.48. The van der Waals surface area contributed by atoms with E-state index in [0.29, 0.717) is 41.0 Å². The molecule has 9 heteroatoms. The number of thioether (sulfide) groups is 1. The smallest absolute Gasteiger partial charge is 0.143 e. The molecule has 0 bridgehead atoms. The average Bonchev–Trinajstić information content (AvgIpc) is 2.66. The number of anilines is 1. The second-order valence-corrected chi connectivity index (χ2v) is 6.03. The van der Waals surface area contributed by atoms with Crippen molar-refractivity contribution < 1.29 is 14.6 Å². The van der Waals surface area contributed by atoms with Crippen LogP contribution >= 0.6 is 11.8 Å². The maximum atomic E-state index is 9.59. The molecule has 0 aliphatic heterocycles.